The summed E-state index contributed by atoms with van der Waals surface area (Å²) in [5.74, 6) is -0.132. The lowest BCUT2D eigenvalue weighted by Gasteiger charge is -2.01. The van der Waals surface area contributed by atoms with E-state index in [1.807, 2.05) is 30.3 Å². The smallest absolute Gasteiger partial charge is 0.394 e. The number of ether oxygens (including phenoxy) is 1. The zero-order valence-corrected chi connectivity index (χ0v) is 10.1. The van der Waals surface area contributed by atoms with Gasteiger partial charge in [0, 0.05) is 0 Å². The van der Waals surface area contributed by atoms with Crippen LogP contribution in [0.5, 0.6) is 0 Å². The summed E-state index contributed by atoms with van der Waals surface area (Å²) in [5.41, 5.74) is 6.97. The molecule has 1 aromatic heterocycles. The van der Waals surface area contributed by atoms with Crippen molar-refractivity contribution in [2.45, 2.75) is 20.1 Å². The molecule has 2 rings (SSSR count). The first-order valence-corrected chi connectivity index (χ1v) is 5.58. The Morgan fingerprint density at radius 2 is 2.11 bits per heavy atom. The zero-order chi connectivity index (χ0) is 13.0. The van der Waals surface area contributed by atoms with Gasteiger partial charge in [0.2, 0.25) is 0 Å². The van der Waals surface area contributed by atoms with Crippen molar-refractivity contribution in [2.75, 3.05) is 0 Å². The van der Waals surface area contributed by atoms with E-state index in [-0.39, 0.29) is 19.0 Å². The van der Waals surface area contributed by atoms with E-state index in [0.29, 0.717) is 11.5 Å². The van der Waals surface area contributed by atoms with Crippen molar-refractivity contribution in [3.05, 3.63) is 53.2 Å². The van der Waals surface area contributed by atoms with Gasteiger partial charge in [0.05, 0.1) is 12.2 Å². The van der Waals surface area contributed by atoms with Gasteiger partial charge in [0.1, 0.15) is 12.4 Å². The SMILES string of the molecule is Cc1nc(C(=O)OCc2ccccc2)oc1CN. The Morgan fingerprint density at radius 1 is 1.39 bits per heavy atom. The van der Waals surface area contributed by atoms with E-state index < -0.39 is 5.97 Å². The summed E-state index contributed by atoms with van der Waals surface area (Å²) in [6, 6.07) is 9.41. The molecule has 5 heteroatoms. The average molecular weight is 246 g/mol. The molecule has 2 N–H and O–H groups in total. The molecular weight excluding hydrogens is 232 g/mol. The first-order valence-electron chi connectivity index (χ1n) is 5.58. The molecule has 0 fully saturated rings. The molecule has 0 saturated heterocycles. The molecule has 0 bridgehead atoms. The third kappa shape index (κ3) is 2.75. The van der Waals surface area contributed by atoms with Crippen LogP contribution < -0.4 is 5.73 Å². The summed E-state index contributed by atoms with van der Waals surface area (Å²) in [6.07, 6.45) is 0. The molecule has 5 nitrogen and oxygen atoms in total. The van der Waals surface area contributed by atoms with Crippen LogP contribution in [0.4, 0.5) is 0 Å². The topological polar surface area (TPSA) is 78.3 Å². The van der Waals surface area contributed by atoms with Crippen LogP contribution in [-0.2, 0) is 17.9 Å². The van der Waals surface area contributed by atoms with Gasteiger partial charge < -0.3 is 14.9 Å². The minimum Gasteiger partial charge on any atom is -0.454 e. The summed E-state index contributed by atoms with van der Waals surface area (Å²) in [6.45, 7) is 2.14. The lowest BCUT2D eigenvalue weighted by Crippen LogP contribution is -2.05. The highest BCUT2D eigenvalue weighted by Gasteiger charge is 2.17. The summed E-state index contributed by atoms with van der Waals surface area (Å²) >= 11 is 0. The molecule has 1 aromatic carbocycles. The van der Waals surface area contributed by atoms with Crippen LogP contribution in [0.1, 0.15) is 27.7 Å². The largest absolute Gasteiger partial charge is 0.454 e. The Hall–Kier alpha value is -2.14. The van der Waals surface area contributed by atoms with Gasteiger partial charge in [0.25, 0.3) is 0 Å². The van der Waals surface area contributed by atoms with Crippen LogP contribution in [0.3, 0.4) is 0 Å². The van der Waals surface area contributed by atoms with Crippen LogP contribution in [0.25, 0.3) is 0 Å². The van der Waals surface area contributed by atoms with Gasteiger partial charge in [-0.15, -0.1) is 0 Å². The Kier molecular flexibility index (Phi) is 3.74. The van der Waals surface area contributed by atoms with Crippen molar-refractivity contribution in [3.63, 3.8) is 0 Å². The van der Waals surface area contributed by atoms with Gasteiger partial charge >= 0.3 is 11.9 Å². The highest BCUT2D eigenvalue weighted by molar-refractivity contribution is 5.84. The zero-order valence-electron chi connectivity index (χ0n) is 10.1. The summed E-state index contributed by atoms with van der Waals surface area (Å²) < 4.78 is 10.3. The molecule has 0 spiro atoms. The number of oxazole rings is 1. The third-order valence-corrected chi connectivity index (χ3v) is 2.47. The van der Waals surface area contributed by atoms with Gasteiger partial charge in [-0.2, -0.15) is 0 Å². The van der Waals surface area contributed by atoms with E-state index in [2.05, 4.69) is 4.98 Å². The normalized spacial score (nSPS) is 10.3. The van der Waals surface area contributed by atoms with Gasteiger partial charge in [0.15, 0.2) is 0 Å². The number of benzene rings is 1. The quantitative estimate of drug-likeness (QED) is 0.832. The second-order valence-corrected chi connectivity index (χ2v) is 3.79. The van der Waals surface area contributed by atoms with E-state index in [0.717, 1.165) is 5.56 Å². The van der Waals surface area contributed by atoms with Crippen LogP contribution in [0, 0.1) is 6.92 Å². The summed E-state index contributed by atoms with van der Waals surface area (Å²) in [7, 11) is 0. The molecule has 0 amide bonds. The van der Waals surface area contributed by atoms with Crippen molar-refractivity contribution in [1.29, 1.82) is 0 Å². The van der Waals surface area contributed by atoms with Crippen molar-refractivity contribution in [3.8, 4) is 0 Å². The fourth-order valence-corrected chi connectivity index (χ4v) is 1.49. The Labute approximate surface area is 105 Å². The summed E-state index contributed by atoms with van der Waals surface area (Å²) in [5, 5.41) is 0. The van der Waals surface area contributed by atoms with E-state index >= 15 is 0 Å². The Bertz CT molecular complexity index is 534. The standard InChI is InChI=1S/C13H14N2O3/c1-9-11(7-14)18-12(15-9)13(16)17-8-10-5-3-2-4-6-10/h2-6H,7-8,14H2,1H3. The molecule has 0 unspecified atom stereocenters. The average Bonchev–Trinajstić information content (AvgIpc) is 2.78. The minimum absolute atomic E-state index is 0.0520. The number of esters is 1. The third-order valence-electron chi connectivity index (χ3n) is 2.47. The number of rotatable bonds is 4. The Balaban J connectivity index is 1.99. The van der Waals surface area contributed by atoms with Gasteiger partial charge in [-0.05, 0) is 12.5 Å². The van der Waals surface area contributed by atoms with Crippen LogP contribution in [-0.4, -0.2) is 11.0 Å². The van der Waals surface area contributed by atoms with Crippen LogP contribution >= 0.6 is 0 Å². The molecular formula is C13H14N2O3. The van der Waals surface area contributed by atoms with Crippen LogP contribution in [0.2, 0.25) is 0 Å². The maximum absolute atomic E-state index is 11.7. The van der Waals surface area contributed by atoms with E-state index in [1.165, 1.54) is 0 Å². The molecule has 2 aromatic rings. The monoisotopic (exact) mass is 246 g/mol. The van der Waals surface area contributed by atoms with Gasteiger partial charge in [-0.3, -0.25) is 0 Å². The second kappa shape index (κ2) is 5.46. The number of aromatic nitrogens is 1. The number of hydrogen-bond acceptors (Lipinski definition) is 5. The molecule has 0 aliphatic rings. The molecule has 0 radical (unpaired) electrons. The highest BCUT2D eigenvalue weighted by atomic mass is 16.5. The lowest BCUT2D eigenvalue weighted by molar-refractivity contribution is 0.0425. The predicted octanol–water partition coefficient (Wildman–Crippen LogP) is 1.80. The first-order chi connectivity index (χ1) is 8.70. The van der Waals surface area contributed by atoms with Gasteiger partial charge in [-0.25, -0.2) is 9.78 Å². The molecule has 0 saturated carbocycles. The van der Waals surface area contributed by atoms with Gasteiger partial charge in [-0.1, -0.05) is 30.3 Å². The number of nitrogens with two attached hydrogens (primary N) is 1. The number of hydrogen-bond donors (Lipinski definition) is 1. The van der Waals surface area contributed by atoms with E-state index in [4.69, 9.17) is 14.9 Å². The molecule has 94 valence electrons. The van der Waals surface area contributed by atoms with Crippen molar-refractivity contribution >= 4 is 5.97 Å². The molecule has 0 atom stereocenters. The maximum Gasteiger partial charge on any atom is 0.394 e. The van der Waals surface area contributed by atoms with Crippen molar-refractivity contribution in [1.82, 2.24) is 4.98 Å². The lowest BCUT2D eigenvalue weighted by atomic mass is 10.2. The molecule has 1 heterocycles. The number of carbonyl (C=O) groups excluding carboxylic acids is 1. The fraction of sp³-hybridized carbons (Fsp3) is 0.231. The van der Waals surface area contributed by atoms with E-state index in [1.54, 1.807) is 6.92 Å². The molecule has 18 heavy (non-hydrogen) atoms. The number of nitrogens with zero attached hydrogens (tertiary/aromatic N) is 1. The van der Waals surface area contributed by atoms with E-state index in [9.17, 15) is 4.79 Å². The molecule has 0 aliphatic heterocycles. The van der Waals surface area contributed by atoms with Crippen molar-refractivity contribution < 1.29 is 13.9 Å². The minimum atomic E-state index is -0.582. The van der Waals surface area contributed by atoms with Crippen molar-refractivity contribution in [2.24, 2.45) is 5.73 Å². The number of aryl methyl sites for hydroxylation is 1. The Morgan fingerprint density at radius 3 is 2.72 bits per heavy atom. The fourth-order valence-electron chi connectivity index (χ4n) is 1.49. The predicted molar refractivity (Wildman–Crippen MR) is 64.7 cm³/mol. The second-order valence-electron chi connectivity index (χ2n) is 3.79. The summed E-state index contributed by atoms with van der Waals surface area (Å²) in [4.78, 5) is 15.7. The first kappa shape index (κ1) is 12.3. The number of carbonyl (C=O) groups is 1. The van der Waals surface area contributed by atoms with Crippen LogP contribution in [0.15, 0.2) is 34.7 Å². The highest BCUT2D eigenvalue weighted by Crippen LogP contribution is 2.11. The molecule has 0 aliphatic carbocycles. The maximum atomic E-state index is 11.7.